The van der Waals surface area contributed by atoms with E-state index in [4.69, 9.17) is 0 Å². The molecule has 0 aliphatic carbocycles. The minimum Gasteiger partial charge on any atom is -0.317 e. The van der Waals surface area contributed by atoms with Gasteiger partial charge in [-0.2, -0.15) is 5.10 Å². The molecule has 5 heteroatoms. The van der Waals surface area contributed by atoms with Gasteiger partial charge in [-0.1, -0.05) is 13.3 Å². The largest absolute Gasteiger partial charge is 0.317 e. The topological polar surface area (TPSA) is 59.8 Å². The Bertz CT molecular complexity index is 441. The van der Waals surface area contributed by atoms with Crippen LogP contribution in [0.15, 0.2) is 6.33 Å². The van der Waals surface area contributed by atoms with E-state index in [1.165, 1.54) is 0 Å². The first-order chi connectivity index (χ1) is 9.59. The van der Waals surface area contributed by atoms with Crippen molar-refractivity contribution >= 4 is 5.78 Å². The monoisotopic (exact) mass is 278 g/mol. The highest BCUT2D eigenvalue weighted by molar-refractivity contribution is 5.86. The fourth-order valence-electron chi connectivity index (χ4n) is 3.22. The SMILES string of the molecule is CCCC1(C(=O)Cc2ncnn2C(C)C)CCNCC1. The number of aromatic nitrogens is 3. The summed E-state index contributed by atoms with van der Waals surface area (Å²) in [5.41, 5.74) is -0.145. The standard InChI is InChI=1S/C15H26N4O/c1-4-5-15(6-8-16-9-7-15)13(20)10-14-17-11-18-19(14)12(2)3/h11-12,16H,4-10H2,1-3H3. The van der Waals surface area contributed by atoms with Crippen LogP contribution < -0.4 is 5.32 Å². The van der Waals surface area contributed by atoms with Crippen LogP contribution in [-0.2, 0) is 11.2 Å². The average molecular weight is 278 g/mol. The lowest BCUT2D eigenvalue weighted by Gasteiger charge is -2.36. The molecule has 1 aromatic rings. The van der Waals surface area contributed by atoms with E-state index in [0.29, 0.717) is 12.2 Å². The van der Waals surface area contributed by atoms with Crippen molar-refractivity contribution in [2.45, 2.75) is 58.9 Å². The quantitative estimate of drug-likeness (QED) is 0.866. The zero-order valence-electron chi connectivity index (χ0n) is 12.9. The van der Waals surface area contributed by atoms with Crippen LogP contribution in [0, 0.1) is 5.41 Å². The van der Waals surface area contributed by atoms with Crippen LogP contribution >= 0.6 is 0 Å². The van der Waals surface area contributed by atoms with E-state index < -0.39 is 0 Å². The van der Waals surface area contributed by atoms with Crippen molar-refractivity contribution in [3.8, 4) is 0 Å². The lowest BCUT2D eigenvalue weighted by molar-refractivity contribution is -0.130. The van der Waals surface area contributed by atoms with Gasteiger partial charge in [0, 0.05) is 11.5 Å². The van der Waals surface area contributed by atoms with Gasteiger partial charge in [-0.25, -0.2) is 9.67 Å². The molecule has 1 N–H and O–H groups in total. The van der Waals surface area contributed by atoms with Gasteiger partial charge in [0.05, 0.1) is 6.42 Å². The van der Waals surface area contributed by atoms with Crippen LogP contribution in [0.3, 0.4) is 0 Å². The summed E-state index contributed by atoms with van der Waals surface area (Å²) in [6.07, 6.45) is 5.92. The molecule has 0 amide bonds. The van der Waals surface area contributed by atoms with Crippen molar-refractivity contribution in [3.05, 3.63) is 12.2 Å². The molecule has 0 radical (unpaired) electrons. The average Bonchev–Trinajstić information content (AvgIpc) is 2.88. The van der Waals surface area contributed by atoms with Crippen molar-refractivity contribution in [2.75, 3.05) is 13.1 Å². The van der Waals surface area contributed by atoms with Gasteiger partial charge in [-0.15, -0.1) is 0 Å². The predicted molar refractivity (Wildman–Crippen MR) is 78.6 cm³/mol. The summed E-state index contributed by atoms with van der Waals surface area (Å²) in [6, 6.07) is 0.246. The van der Waals surface area contributed by atoms with Crippen molar-refractivity contribution in [2.24, 2.45) is 5.41 Å². The number of carbonyl (C=O) groups excluding carboxylic acids is 1. The molecule has 2 rings (SSSR count). The minimum atomic E-state index is -0.145. The summed E-state index contributed by atoms with van der Waals surface area (Å²) in [6.45, 7) is 8.18. The van der Waals surface area contributed by atoms with E-state index in [0.717, 1.165) is 44.6 Å². The van der Waals surface area contributed by atoms with Crippen molar-refractivity contribution in [1.29, 1.82) is 0 Å². The Morgan fingerprint density at radius 2 is 2.15 bits per heavy atom. The fraction of sp³-hybridized carbons (Fsp3) is 0.800. The molecule has 0 aromatic carbocycles. The van der Waals surface area contributed by atoms with Gasteiger partial charge < -0.3 is 5.32 Å². The van der Waals surface area contributed by atoms with Gasteiger partial charge >= 0.3 is 0 Å². The van der Waals surface area contributed by atoms with Crippen LogP contribution in [0.4, 0.5) is 0 Å². The van der Waals surface area contributed by atoms with Crippen molar-refractivity contribution in [3.63, 3.8) is 0 Å². The number of nitrogens with zero attached hydrogens (tertiary/aromatic N) is 3. The van der Waals surface area contributed by atoms with Crippen LogP contribution in [0.1, 0.15) is 58.3 Å². The zero-order chi connectivity index (χ0) is 14.6. The molecule has 2 heterocycles. The van der Waals surface area contributed by atoms with E-state index in [9.17, 15) is 4.79 Å². The molecule has 20 heavy (non-hydrogen) atoms. The predicted octanol–water partition coefficient (Wildman–Crippen LogP) is 2.14. The van der Waals surface area contributed by atoms with Crippen LogP contribution in [-0.4, -0.2) is 33.6 Å². The molecule has 5 nitrogen and oxygen atoms in total. The molecule has 1 aliphatic heterocycles. The normalized spacial score (nSPS) is 18.4. The zero-order valence-corrected chi connectivity index (χ0v) is 12.9. The summed E-state index contributed by atoms with van der Waals surface area (Å²) in [7, 11) is 0. The summed E-state index contributed by atoms with van der Waals surface area (Å²) >= 11 is 0. The highest BCUT2D eigenvalue weighted by atomic mass is 16.1. The number of carbonyl (C=O) groups is 1. The third-order valence-corrected chi connectivity index (χ3v) is 4.34. The van der Waals surface area contributed by atoms with E-state index in [2.05, 4.69) is 36.2 Å². The third-order valence-electron chi connectivity index (χ3n) is 4.34. The Hall–Kier alpha value is -1.23. The van der Waals surface area contributed by atoms with E-state index in [1.54, 1.807) is 6.33 Å². The van der Waals surface area contributed by atoms with Gasteiger partial charge in [0.25, 0.3) is 0 Å². The molecular weight excluding hydrogens is 252 g/mol. The van der Waals surface area contributed by atoms with Gasteiger partial charge in [-0.3, -0.25) is 4.79 Å². The molecular formula is C15H26N4O. The number of Topliss-reactive ketones (excluding diaryl/α,β-unsaturated/α-hetero) is 1. The van der Waals surface area contributed by atoms with E-state index in [-0.39, 0.29) is 11.5 Å². The maximum absolute atomic E-state index is 12.8. The maximum Gasteiger partial charge on any atom is 0.146 e. The second-order valence-electron chi connectivity index (χ2n) is 6.09. The lowest BCUT2D eigenvalue weighted by atomic mass is 9.71. The smallest absolute Gasteiger partial charge is 0.146 e. The number of rotatable bonds is 6. The Balaban J connectivity index is 2.14. The molecule has 0 bridgehead atoms. The number of piperidine rings is 1. The Kier molecular flexibility index (Phi) is 4.91. The summed E-state index contributed by atoms with van der Waals surface area (Å²) in [4.78, 5) is 17.1. The molecule has 0 spiro atoms. The molecule has 112 valence electrons. The Morgan fingerprint density at radius 1 is 1.45 bits per heavy atom. The number of hydrogen-bond donors (Lipinski definition) is 1. The summed E-state index contributed by atoms with van der Waals surface area (Å²) < 4.78 is 1.86. The highest BCUT2D eigenvalue weighted by Crippen LogP contribution is 2.36. The Morgan fingerprint density at radius 3 is 2.75 bits per heavy atom. The summed E-state index contributed by atoms with van der Waals surface area (Å²) in [5, 5.41) is 7.58. The van der Waals surface area contributed by atoms with Crippen molar-refractivity contribution in [1.82, 2.24) is 20.1 Å². The Labute approximate surface area is 121 Å². The van der Waals surface area contributed by atoms with Crippen LogP contribution in [0.5, 0.6) is 0 Å². The molecule has 1 aromatic heterocycles. The van der Waals surface area contributed by atoms with E-state index >= 15 is 0 Å². The van der Waals surface area contributed by atoms with Gasteiger partial charge in [0.1, 0.15) is 17.9 Å². The summed E-state index contributed by atoms with van der Waals surface area (Å²) in [5.74, 6) is 1.15. The fourth-order valence-corrected chi connectivity index (χ4v) is 3.22. The first-order valence-electron chi connectivity index (χ1n) is 7.71. The van der Waals surface area contributed by atoms with Gasteiger partial charge in [0.2, 0.25) is 0 Å². The van der Waals surface area contributed by atoms with Crippen molar-refractivity contribution < 1.29 is 4.79 Å². The number of nitrogens with one attached hydrogen (secondary N) is 1. The lowest BCUT2D eigenvalue weighted by Crippen LogP contribution is -2.43. The molecule has 0 atom stereocenters. The number of hydrogen-bond acceptors (Lipinski definition) is 4. The molecule has 1 aliphatic rings. The second kappa shape index (κ2) is 6.48. The highest BCUT2D eigenvalue weighted by Gasteiger charge is 2.38. The third kappa shape index (κ3) is 3.08. The first-order valence-corrected chi connectivity index (χ1v) is 7.71. The molecule has 0 saturated carbocycles. The molecule has 1 saturated heterocycles. The van der Waals surface area contributed by atoms with Crippen LogP contribution in [0.25, 0.3) is 0 Å². The van der Waals surface area contributed by atoms with Crippen LogP contribution in [0.2, 0.25) is 0 Å². The molecule has 0 unspecified atom stereocenters. The molecule has 1 fully saturated rings. The van der Waals surface area contributed by atoms with Gasteiger partial charge in [-0.05, 0) is 46.2 Å². The second-order valence-corrected chi connectivity index (χ2v) is 6.09. The van der Waals surface area contributed by atoms with Gasteiger partial charge in [0.15, 0.2) is 0 Å². The first kappa shape index (κ1) is 15.2. The minimum absolute atomic E-state index is 0.145. The van der Waals surface area contributed by atoms with E-state index in [1.807, 2.05) is 4.68 Å². The number of ketones is 1. The maximum atomic E-state index is 12.8.